The number of hydrogen-bond acceptors (Lipinski definition) is 5. The van der Waals surface area contributed by atoms with Gasteiger partial charge in [-0.2, -0.15) is 9.41 Å². The van der Waals surface area contributed by atoms with Crippen molar-refractivity contribution in [2.45, 2.75) is 18.0 Å². The molecule has 5 rings (SSSR count). The Morgan fingerprint density at radius 2 is 1.52 bits per heavy atom. The Labute approximate surface area is 247 Å². The lowest BCUT2D eigenvalue weighted by Gasteiger charge is -2.23. The fourth-order valence-electron chi connectivity index (χ4n) is 4.11. The average molecular weight is 602 g/mol. The first kappa shape index (κ1) is 28.9. The van der Waals surface area contributed by atoms with E-state index < -0.39 is 21.7 Å². The van der Waals surface area contributed by atoms with Crippen LogP contribution in [0.3, 0.4) is 0 Å². The number of halogens is 2. The zero-order chi connectivity index (χ0) is 29.5. The second kappa shape index (κ2) is 12.9. The Kier molecular flexibility index (Phi) is 8.87. The van der Waals surface area contributed by atoms with E-state index >= 15 is 0 Å². The van der Waals surface area contributed by atoms with Crippen molar-refractivity contribution in [2.75, 3.05) is 0 Å². The molecular weight excluding hydrogens is 577 g/mol. The lowest BCUT2D eigenvalue weighted by molar-refractivity contribution is 0.0955. The minimum absolute atomic E-state index is 0.0193. The molecule has 0 aliphatic carbocycles. The summed E-state index contributed by atoms with van der Waals surface area (Å²) in [6.07, 6.45) is 6.79. The molecule has 0 spiro atoms. The summed E-state index contributed by atoms with van der Waals surface area (Å²) in [5.41, 5.74) is 5.90. The zero-order valence-electron chi connectivity index (χ0n) is 22.1. The van der Waals surface area contributed by atoms with Gasteiger partial charge in [0.2, 0.25) is 10.0 Å². The molecule has 4 aromatic carbocycles. The molecule has 0 unspecified atom stereocenters. The maximum Gasteiger partial charge on any atom is 0.271 e. The second-order valence-corrected chi connectivity index (χ2v) is 11.7. The molecule has 11 heteroatoms. The highest BCUT2D eigenvalue weighted by Gasteiger charge is 2.25. The Morgan fingerprint density at radius 3 is 2.12 bits per heavy atom. The number of benzene rings is 4. The van der Waals surface area contributed by atoms with E-state index in [4.69, 9.17) is 11.6 Å². The number of carbonyl (C=O) groups excluding carboxylic acids is 1. The molecule has 1 heterocycles. The summed E-state index contributed by atoms with van der Waals surface area (Å²) in [6, 6.07) is 25.7. The van der Waals surface area contributed by atoms with Crippen molar-refractivity contribution in [3.8, 4) is 5.69 Å². The predicted octanol–water partition coefficient (Wildman–Crippen LogP) is 5.82. The Balaban J connectivity index is 1.26. The standard InChI is InChI=1S/C31H25ClFN5O3S/c32-27-9-15-30(16-10-27)42(40,41)38(21-25-3-11-28(33)12-4-25)20-24-1-7-26(8-2-24)31(39)36-35-19-23-5-13-29(14-6-23)37-18-17-34-22-37/h1-19,22H,20-21H2,(H,36,39)/b35-19+. The number of carbonyl (C=O) groups is 1. The summed E-state index contributed by atoms with van der Waals surface area (Å²) >= 11 is 5.95. The molecule has 8 nitrogen and oxygen atoms in total. The molecule has 0 saturated heterocycles. The maximum atomic E-state index is 13.5. The molecule has 5 aromatic rings. The third-order valence-corrected chi connectivity index (χ3v) is 8.43. The number of aromatic nitrogens is 2. The van der Waals surface area contributed by atoms with Crippen LogP contribution >= 0.6 is 11.6 Å². The molecular formula is C31H25ClFN5O3S. The van der Waals surface area contributed by atoms with Crippen LogP contribution in [0, 0.1) is 5.82 Å². The van der Waals surface area contributed by atoms with Crippen LogP contribution in [0.4, 0.5) is 4.39 Å². The third kappa shape index (κ3) is 7.16. The fraction of sp³-hybridized carbons (Fsp3) is 0.0645. The molecule has 1 amide bonds. The molecule has 0 atom stereocenters. The maximum absolute atomic E-state index is 13.5. The summed E-state index contributed by atoms with van der Waals surface area (Å²) in [5.74, 6) is -0.822. The molecule has 1 aromatic heterocycles. The summed E-state index contributed by atoms with van der Waals surface area (Å²) in [5, 5.41) is 4.46. The van der Waals surface area contributed by atoms with E-state index in [1.54, 1.807) is 55.1 Å². The normalized spacial score (nSPS) is 11.7. The van der Waals surface area contributed by atoms with E-state index in [1.165, 1.54) is 40.7 Å². The van der Waals surface area contributed by atoms with Crippen molar-refractivity contribution in [1.29, 1.82) is 0 Å². The highest BCUT2D eigenvalue weighted by atomic mass is 35.5. The Morgan fingerprint density at radius 1 is 0.905 bits per heavy atom. The first-order valence-corrected chi connectivity index (χ1v) is 14.6. The largest absolute Gasteiger partial charge is 0.306 e. The van der Waals surface area contributed by atoms with Gasteiger partial charge in [-0.25, -0.2) is 23.2 Å². The van der Waals surface area contributed by atoms with Crippen LogP contribution in [0.5, 0.6) is 0 Å². The molecule has 1 N–H and O–H groups in total. The third-order valence-electron chi connectivity index (χ3n) is 6.37. The lowest BCUT2D eigenvalue weighted by atomic mass is 10.1. The summed E-state index contributed by atoms with van der Waals surface area (Å²) in [4.78, 5) is 16.7. The van der Waals surface area contributed by atoms with E-state index in [2.05, 4.69) is 15.5 Å². The molecule has 0 aliphatic heterocycles. The SMILES string of the molecule is O=C(N/N=C/c1ccc(-n2ccnc2)cc1)c1ccc(CN(Cc2ccc(F)cc2)S(=O)(=O)c2ccc(Cl)cc2)cc1. The van der Waals surface area contributed by atoms with Gasteiger partial charge in [0, 0.05) is 41.8 Å². The van der Waals surface area contributed by atoms with Crippen LogP contribution < -0.4 is 5.43 Å². The second-order valence-electron chi connectivity index (χ2n) is 9.31. The van der Waals surface area contributed by atoms with Crippen LogP contribution in [0.15, 0.2) is 126 Å². The van der Waals surface area contributed by atoms with Gasteiger partial charge in [0.15, 0.2) is 0 Å². The summed E-state index contributed by atoms with van der Waals surface area (Å²) < 4.78 is 43.7. The highest BCUT2D eigenvalue weighted by molar-refractivity contribution is 7.89. The van der Waals surface area contributed by atoms with Crippen molar-refractivity contribution in [2.24, 2.45) is 5.10 Å². The zero-order valence-corrected chi connectivity index (χ0v) is 23.7. The van der Waals surface area contributed by atoms with E-state index in [-0.39, 0.29) is 18.0 Å². The van der Waals surface area contributed by atoms with Gasteiger partial charge in [-0.05, 0) is 77.4 Å². The van der Waals surface area contributed by atoms with E-state index in [9.17, 15) is 17.6 Å². The van der Waals surface area contributed by atoms with Crippen LogP contribution in [0.1, 0.15) is 27.0 Å². The Hall–Kier alpha value is -4.64. The van der Waals surface area contributed by atoms with Crippen molar-refractivity contribution in [3.05, 3.63) is 149 Å². The first-order chi connectivity index (χ1) is 20.3. The van der Waals surface area contributed by atoms with Gasteiger partial charge in [0.1, 0.15) is 5.82 Å². The first-order valence-electron chi connectivity index (χ1n) is 12.8. The molecule has 212 valence electrons. The van der Waals surface area contributed by atoms with Gasteiger partial charge in [-0.15, -0.1) is 0 Å². The van der Waals surface area contributed by atoms with Gasteiger partial charge in [0.25, 0.3) is 5.91 Å². The minimum Gasteiger partial charge on any atom is -0.306 e. The van der Waals surface area contributed by atoms with Crippen molar-refractivity contribution in [3.63, 3.8) is 0 Å². The van der Waals surface area contributed by atoms with Crippen molar-refractivity contribution < 1.29 is 17.6 Å². The number of hydrazone groups is 1. The van der Waals surface area contributed by atoms with Crippen LogP contribution in [0.25, 0.3) is 5.69 Å². The lowest BCUT2D eigenvalue weighted by Crippen LogP contribution is -2.30. The number of imidazole rings is 1. The molecule has 0 fully saturated rings. The van der Waals surface area contributed by atoms with E-state index in [0.717, 1.165) is 11.3 Å². The molecule has 0 saturated carbocycles. The molecule has 0 radical (unpaired) electrons. The number of hydrogen-bond donors (Lipinski definition) is 1. The smallest absolute Gasteiger partial charge is 0.271 e. The highest BCUT2D eigenvalue weighted by Crippen LogP contribution is 2.23. The van der Waals surface area contributed by atoms with E-state index in [0.29, 0.717) is 21.7 Å². The number of rotatable bonds is 10. The van der Waals surface area contributed by atoms with E-state index in [1.807, 2.05) is 35.0 Å². The van der Waals surface area contributed by atoms with Crippen molar-refractivity contribution >= 4 is 33.7 Å². The van der Waals surface area contributed by atoms with Crippen LogP contribution in [-0.4, -0.2) is 34.4 Å². The summed E-state index contributed by atoms with van der Waals surface area (Å²) in [6.45, 7) is 0.0446. The number of nitrogens with zero attached hydrogens (tertiary/aromatic N) is 4. The van der Waals surface area contributed by atoms with Gasteiger partial charge in [-0.1, -0.05) is 48.0 Å². The van der Waals surface area contributed by atoms with Gasteiger partial charge >= 0.3 is 0 Å². The topological polar surface area (TPSA) is 96.7 Å². The number of sulfonamides is 1. The molecule has 42 heavy (non-hydrogen) atoms. The van der Waals surface area contributed by atoms with Gasteiger partial charge < -0.3 is 4.57 Å². The monoisotopic (exact) mass is 601 g/mol. The van der Waals surface area contributed by atoms with Crippen molar-refractivity contribution in [1.82, 2.24) is 19.3 Å². The van der Waals surface area contributed by atoms with Crippen LogP contribution in [-0.2, 0) is 23.1 Å². The minimum atomic E-state index is -3.93. The average Bonchev–Trinajstić information content (AvgIpc) is 3.54. The van der Waals surface area contributed by atoms with Crippen LogP contribution in [0.2, 0.25) is 5.02 Å². The van der Waals surface area contributed by atoms with Gasteiger partial charge in [0.05, 0.1) is 17.4 Å². The number of amides is 1. The predicted molar refractivity (Wildman–Crippen MR) is 159 cm³/mol. The number of nitrogens with one attached hydrogen (secondary N) is 1. The Bertz CT molecular complexity index is 1780. The fourth-order valence-corrected chi connectivity index (χ4v) is 5.66. The van der Waals surface area contributed by atoms with Gasteiger partial charge in [-0.3, -0.25) is 4.79 Å². The summed E-state index contributed by atoms with van der Waals surface area (Å²) in [7, 11) is -3.93. The molecule has 0 aliphatic rings. The quantitative estimate of drug-likeness (QED) is 0.161. The molecule has 0 bridgehead atoms.